The van der Waals surface area contributed by atoms with E-state index in [1.165, 1.54) is 12.0 Å². The van der Waals surface area contributed by atoms with Gasteiger partial charge in [-0.25, -0.2) is 9.97 Å². The molecule has 7 nitrogen and oxygen atoms in total. The zero-order valence-corrected chi connectivity index (χ0v) is 18.8. The van der Waals surface area contributed by atoms with Gasteiger partial charge in [-0.3, -0.25) is 14.6 Å². The number of likely N-dealkylation sites (tertiary alicyclic amines) is 1. The van der Waals surface area contributed by atoms with Gasteiger partial charge in [0.1, 0.15) is 0 Å². The van der Waals surface area contributed by atoms with Crippen LogP contribution >= 0.6 is 0 Å². The van der Waals surface area contributed by atoms with Crippen molar-refractivity contribution in [3.05, 3.63) is 84.2 Å². The largest absolute Gasteiger partial charge is 0.336 e. The molecule has 3 aromatic rings. The fourth-order valence-corrected chi connectivity index (χ4v) is 4.79. The quantitative estimate of drug-likeness (QED) is 0.632. The highest BCUT2D eigenvalue weighted by atomic mass is 16.2. The molecule has 1 unspecified atom stereocenters. The number of aromatic nitrogens is 2. The van der Waals surface area contributed by atoms with Gasteiger partial charge in [0.05, 0.1) is 0 Å². The van der Waals surface area contributed by atoms with Crippen LogP contribution in [-0.4, -0.2) is 75.9 Å². The van der Waals surface area contributed by atoms with Crippen molar-refractivity contribution in [2.45, 2.75) is 19.0 Å². The maximum absolute atomic E-state index is 13.1. The maximum Gasteiger partial charge on any atom is 0.254 e. The Morgan fingerprint density at radius 1 is 0.909 bits per heavy atom. The molecule has 3 heterocycles. The van der Waals surface area contributed by atoms with Crippen molar-refractivity contribution in [2.75, 3.05) is 44.6 Å². The van der Waals surface area contributed by atoms with Gasteiger partial charge in [0.2, 0.25) is 5.95 Å². The van der Waals surface area contributed by atoms with Crippen LogP contribution in [0, 0.1) is 0 Å². The summed E-state index contributed by atoms with van der Waals surface area (Å²) >= 11 is 0. The van der Waals surface area contributed by atoms with Gasteiger partial charge in [0, 0.05) is 75.5 Å². The molecule has 0 bridgehead atoms. The van der Waals surface area contributed by atoms with Crippen molar-refractivity contribution in [1.29, 1.82) is 0 Å². The van der Waals surface area contributed by atoms with Crippen molar-refractivity contribution in [3.8, 4) is 0 Å². The third-order valence-corrected chi connectivity index (χ3v) is 6.55. The van der Waals surface area contributed by atoms with Crippen molar-refractivity contribution in [1.82, 2.24) is 24.7 Å². The average molecular weight is 443 g/mol. The molecule has 1 aromatic heterocycles. The van der Waals surface area contributed by atoms with Crippen LogP contribution in [0.15, 0.2) is 73.1 Å². The minimum Gasteiger partial charge on any atom is -0.336 e. The summed E-state index contributed by atoms with van der Waals surface area (Å²) in [5, 5.41) is 3.16. The standard InChI is InChI=1S/C26H30N6O/c33-25(22-8-4-9-23(18-22)29-26-27-11-5-12-28-26)32-16-14-31(15-17-32)24-10-13-30(20-24)19-21-6-2-1-3-7-21/h1-9,11-12,18,24H,10,13-17,19-20H2,(H,27,28,29). The second-order valence-corrected chi connectivity index (χ2v) is 8.77. The number of amides is 1. The number of carbonyl (C=O) groups is 1. The number of hydrogen-bond donors (Lipinski definition) is 1. The van der Waals surface area contributed by atoms with Crippen LogP contribution in [0.5, 0.6) is 0 Å². The molecule has 5 rings (SSSR count). The molecular formula is C26H30N6O. The van der Waals surface area contributed by atoms with Crippen LogP contribution in [0.4, 0.5) is 11.6 Å². The first-order chi connectivity index (χ1) is 16.2. The number of anilines is 2. The fourth-order valence-electron chi connectivity index (χ4n) is 4.79. The maximum atomic E-state index is 13.1. The summed E-state index contributed by atoms with van der Waals surface area (Å²) in [5.41, 5.74) is 2.89. The Balaban J connectivity index is 1.13. The van der Waals surface area contributed by atoms with Crippen LogP contribution in [-0.2, 0) is 6.54 Å². The lowest BCUT2D eigenvalue weighted by molar-refractivity contribution is 0.0573. The zero-order chi connectivity index (χ0) is 22.5. The highest BCUT2D eigenvalue weighted by Gasteiger charge is 2.31. The number of rotatable bonds is 6. The van der Waals surface area contributed by atoms with Gasteiger partial charge in [0.25, 0.3) is 5.91 Å². The van der Waals surface area contributed by atoms with Crippen molar-refractivity contribution in [2.24, 2.45) is 0 Å². The van der Waals surface area contributed by atoms with Gasteiger partial charge in [-0.15, -0.1) is 0 Å². The first-order valence-corrected chi connectivity index (χ1v) is 11.7. The Kier molecular flexibility index (Phi) is 6.60. The van der Waals surface area contributed by atoms with E-state index in [4.69, 9.17) is 0 Å². The Morgan fingerprint density at radius 2 is 1.70 bits per heavy atom. The summed E-state index contributed by atoms with van der Waals surface area (Å²) in [6, 6.07) is 20.6. The molecule has 1 amide bonds. The lowest BCUT2D eigenvalue weighted by atomic mass is 10.1. The molecule has 0 saturated carbocycles. The Labute approximate surface area is 195 Å². The van der Waals surface area contributed by atoms with Crippen LogP contribution < -0.4 is 5.32 Å². The van der Waals surface area contributed by atoms with Crippen LogP contribution in [0.1, 0.15) is 22.3 Å². The SMILES string of the molecule is O=C(c1cccc(Nc2ncccn2)c1)N1CCN(C2CCN(Cc3ccccc3)C2)CC1. The Hall–Kier alpha value is -3.29. The number of nitrogens with zero attached hydrogens (tertiary/aromatic N) is 5. The van der Waals surface area contributed by atoms with Gasteiger partial charge >= 0.3 is 0 Å². The average Bonchev–Trinajstić information content (AvgIpc) is 3.33. The monoisotopic (exact) mass is 442 g/mol. The number of benzene rings is 2. The summed E-state index contributed by atoms with van der Waals surface area (Å²) in [4.78, 5) is 28.6. The second-order valence-electron chi connectivity index (χ2n) is 8.77. The Bertz CT molecular complexity index is 1050. The minimum atomic E-state index is 0.0874. The molecule has 2 fully saturated rings. The first kappa shape index (κ1) is 21.6. The van der Waals surface area contributed by atoms with Gasteiger partial charge in [-0.2, -0.15) is 0 Å². The van der Waals surface area contributed by atoms with E-state index in [0.717, 1.165) is 51.5 Å². The lowest BCUT2D eigenvalue weighted by Gasteiger charge is -2.38. The molecule has 0 radical (unpaired) electrons. The predicted molar refractivity (Wildman–Crippen MR) is 129 cm³/mol. The van der Waals surface area contributed by atoms with Crippen LogP contribution in [0.2, 0.25) is 0 Å². The van der Waals surface area contributed by atoms with E-state index in [2.05, 4.69) is 55.4 Å². The van der Waals surface area contributed by atoms with E-state index in [1.54, 1.807) is 18.5 Å². The molecule has 7 heteroatoms. The third-order valence-electron chi connectivity index (χ3n) is 6.55. The highest BCUT2D eigenvalue weighted by molar-refractivity contribution is 5.95. The minimum absolute atomic E-state index is 0.0874. The van der Waals surface area contributed by atoms with Crippen molar-refractivity contribution < 1.29 is 4.79 Å². The number of hydrogen-bond acceptors (Lipinski definition) is 6. The van der Waals surface area contributed by atoms with E-state index in [0.29, 0.717) is 17.6 Å². The van der Waals surface area contributed by atoms with E-state index >= 15 is 0 Å². The zero-order valence-electron chi connectivity index (χ0n) is 18.8. The molecule has 1 atom stereocenters. The summed E-state index contributed by atoms with van der Waals surface area (Å²) < 4.78 is 0. The second kappa shape index (κ2) is 10.1. The lowest BCUT2D eigenvalue weighted by Crippen LogP contribution is -2.52. The number of carbonyl (C=O) groups excluding carboxylic acids is 1. The summed E-state index contributed by atoms with van der Waals surface area (Å²) in [7, 11) is 0. The number of piperazine rings is 1. The molecule has 2 aromatic carbocycles. The number of nitrogens with one attached hydrogen (secondary N) is 1. The molecule has 0 spiro atoms. The van der Waals surface area contributed by atoms with E-state index in [1.807, 2.05) is 29.2 Å². The van der Waals surface area contributed by atoms with Crippen LogP contribution in [0.3, 0.4) is 0 Å². The van der Waals surface area contributed by atoms with Crippen molar-refractivity contribution in [3.63, 3.8) is 0 Å². The predicted octanol–water partition coefficient (Wildman–Crippen LogP) is 3.25. The molecule has 170 valence electrons. The van der Waals surface area contributed by atoms with Crippen molar-refractivity contribution >= 4 is 17.5 Å². The Morgan fingerprint density at radius 3 is 2.48 bits per heavy atom. The van der Waals surface area contributed by atoms with E-state index in [9.17, 15) is 4.79 Å². The van der Waals surface area contributed by atoms with Gasteiger partial charge in [-0.1, -0.05) is 36.4 Å². The summed E-state index contributed by atoms with van der Waals surface area (Å²) in [6.45, 7) is 6.69. The molecule has 33 heavy (non-hydrogen) atoms. The molecule has 2 aliphatic heterocycles. The topological polar surface area (TPSA) is 64.6 Å². The van der Waals surface area contributed by atoms with E-state index < -0.39 is 0 Å². The molecule has 1 N–H and O–H groups in total. The first-order valence-electron chi connectivity index (χ1n) is 11.7. The molecule has 2 aliphatic rings. The van der Waals surface area contributed by atoms with Crippen LogP contribution in [0.25, 0.3) is 0 Å². The molecule has 2 saturated heterocycles. The summed E-state index contributed by atoms with van der Waals surface area (Å²) in [6.07, 6.45) is 4.58. The van der Waals surface area contributed by atoms with E-state index in [-0.39, 0.29) is 5.91 Å². The van der Waals surface area contributed by atoms with Gasteiger partial charge in [0.15, 0.2) is 0 Å². The normalized spacial score (nSPS) is 19.5. The van der Waals surface area contributed by atoms with Gasteiger partial charge < -0.3 is 10.2 Å². The molecule has 0 aliphatic carbocycles. The molecular weight excluding hydrogens is 412 g/mol. The van der Waals surface area contributed by atoms with Gasteiger partial charge in [-0.05, 0) is 36.2 Å². The third kappa shape index (κ3) is 5.38. The highest BCUT2D eigenvalue weighted by Crippen LogP contribution is 2.21. The smallest absolute Gasteiger partial charge is 0.254 e. The summed E-state index contributed by atoms with van der Waals surface area (Å²) in [5.74, 6) is 0.609. The fraction of sp³-hybridized carbons (Fsp3) is 0.346.